The van der Waals surface area contributed by atoms with Crippen molar-refractivity contribution in [2.45, 2.75) is 19.0 Å². The number of rotatable bonds is 6. The van der Waals surface area contributed by atoms with Gasteiger partial charge in [0, 0.05) is 68.8 Å². The highest BCUT2D eigenvalue weighted by Crippen LogP contribution is 2.20. The van der Waals surface area contributed by atoms with E-state index in [9.17, 15) is 9.59 Å². The molecule has 3 aromatic rings. The molecule has 0 bridgehead atoms. The van der Waals surface area contributed by atoms with Crippen LogP contribution < -0.4 is 10.2 Å². The van der Waals surface area contributed by atoms with Crippen LogP contribution in [0.15, 0.2) is 66.9 Å². The average Bonchev–Trinajstić information content (AvgIpc) is 3.40. The highest BCUT2D eigenvalue weighted by atomic mass is 35.5. The Hall–Kier alpha value is -3.93. The van der Waals surface area contributed by atoms with Gasteiger partial charge in [-0.05, 0) is 60.5 Å². The van der Waals surface area contributed by atoms with Crippen molar-refractivity contribution in [1.29, 1.82) is 5.26 Å². The van der Waals surface area contributed by atoms with Crippen molar-refractivity contribution in [2.24, 2.45) is 0 Å². The number of amides is 2. The Labute approximate surface area is 227 Å². The number of piperazine rings is 1. The molecule has 2 saturated heterocycles. The van der Waals surface area contributed by atoms with E-state index in [0.29, 0.717) is 34.9 Å². The third-order valence-electron chi connectivity index (χ3n) is 7.10. The number of nitriles is 1. The topological polar surface area (TPSA) is 92.6 Å². The number of halogens is 1. The van der Waals surface area contributed by atoms with Crippen molar-refractivity contribution >= 4 is 29.1 Å². The van der Waals surface area contributed by atoms with Gasteiger partial charge < -0.3 is 15.1 Å². The maximum Gasteiger partial charge on any atom is 0.270 e. The van der Waals surface area contributed by atoms with Crippen molar-refractivity contribution in [3.8, 4) is 6.07 Å². The summed E-state index contributed by atoms with van der Waals surface area (Å²) in [7, 11) is 0. The Kier molecular flexibility index (Phi) is 7.87. The summed E-state index contributed by atoms with van der Waals surface area (Å²) in [4.78, 5) is 36.4. The lowest BCUT2D eigenvalue weighted by atomic mass is 10.1. The first-order chi connectivity index (χ1) is 18.5. The number of hydrogen-bond donors (Lipinski definition) is 1. The van der Waals surface area contributed by atoms with Gasteiger partial charge in [0.2, 0.25) is 0 Å². The van der Waals surface area contributed by atoms with Crippen LogP contribution in [-0.2, 0) is 6.54 Å². The molecule has 2 aromatic carbocycles. The third-order valence-corrected chi connectivity index (χ3v) is 7.35. The molecule has 1 unspecified atom stereocenters. The van der Waals surface area contributed by atoms with E-state index in [0.717, 1.165) is 50.4 Å². The summed E-state index contributed by atoms with van der Waals surface area (Å²) >= 11 is 5.99. The number of anilines is 1. The lowest BCUT2D eigenvalue weighted by Gasteiger charge is -2.36. The third kappa shape index (κ3) is 6.13. The molecule has 0 radical (unpaired) electrons. The van der Waals surface area contributed by atoms with Crippen LogP contribution in [-0.4, -0.2) is 71.9 Å². The number of nitrogens with zero attached hydrogens (tertiary/aromatic N) is 5. The molecule has 0 spiro atoms. The zero-order chi connectivity index (χ0) is 26.5. The molecular weight excluding hydrogens is 500 g/mol. The largest absolute Gasteiger partial charge is 0.368 e. The molecule has 1 atom stereocenters. The Bertz CT molecular complexity index is 1310. The molecule has 1 aromatic heterocycles. The second-order valence-electron chi connectivity index (χ2n) is 9.69. The molecule has 2 aliphatic heterocycles. The quantitative estimate of drug-likeness (QED) is 0.526. The molecule has 2 amide bonds. The number of hydrogen-bond acceptors (Lipinski definition) is 6. The summed E-state index contributed by atoms with van der Waals surface area (Å²) in [5.74, 6) is -0.305. The predicted octanol–water partition coefficient (Wildman–Crippen LogP) is 3.57. The van der Waals surface area contributed by atoms with Gasteiger partial charge in [-0.25, -0.2) is 0 Å². The lowest BCUT2D eigenvalue weighted by Crippen LogP contribution is -2.48. The van der Waals surface area contributed by atoms with Gasteiger partial charge >= 0.3 is 0 Å². The fourth-order valence-corrected chi connectivity index (χ4v) is 5.08. The van der Waals surface area contributed by atoms with Gasteiger partial charge in [-0.2, -0.15) is 5.26 Å². The summed E-state index contributed by atoms with van der Waals surface area (Å²) < 4.78 is 0. The molecule has 9 heteroatoms. The average molecular weight is 529 g/mol. The van der Waals surface area contributed by atoms with E-state index in [-0.39, 0.29) is 17.9 Å². The minimum atomic E-state index is -0.231. The zero-order valence-electron chi connectivity index (χ0n) is 21.0. The molecule has 2 aliphatic rings. The maximum atomic E-state index is 13.0. The molecule has 3 heterocycles. The first-order valence-electron chi connectivity index (χ1n) is 12.8. The molecule has 194 valence electrons. The number of benzene rings is 2. The van der Waals surface area contributed by atoms with Gasteiger partial charge in [-0.1, -0.05) is 23.7 Å². The Morgan fingerprint density at radius 2 is 1.71 bits per heavy atom. The monoisotopic (exact) mass is 528 g/mol. The molecule has 2 fully saturated rings. The molecule has 5 rings (SSSR count). The number of carbonyl (C=O) groups is 2. The van der Waals surface area contributed by atoms with E-state index < -0.39 is 0 Å². The van der Waals surface area contributed by atoms with Crippen LogP contribution in [0.1, 0.15) is 38.4 Å². The summed E-state index contributed by atoms with van der Waals surface area (Å²) in [6, 6.07) is 20.8. The highest BCUT2D eigenvalue weighted by Gasteiger charge is 2.26. The summed E-state index contributed by atoms with van der Waals surface area (Å²) in [5.41, 5.74) is 3.68. The van der Waals surface area contributed by atoms with Gasteiger partial charge in [-0.3, -0.25) is 19.5 Å². The number of likely N-dealkylation sites (tertiary alicyclic amines) is 1. The van der Waals surface area contributed by atoms with Gasteiger partial charge in [0.05, 0.1) is 17.2 Å². The summed E-state index contributed by atoms with van der Waals surface area (Å²) in [6.45, 7) is 5.13. The molecule has 0 aliphatic carbocycles. The first kappa shape index (κ1) is 25.7. The minimum Gasteiger partial charge on any atom is -0.368 e. The van der Waals surface area contributed by atoms with E-state index in [1.807, 2.05) is 53.4 Å². The fourth-order valence-electron chi connectivity index (χ4n) is 4.95. The van der Waals surface area contributed by atoms with E-state index in [2.05, 4.69) is 26.2 Å². The van der Waals surface area contributed by atoms with Gasteiger partial charge in [0.25, 0.3) is 11.8 Å². The van der Waals surface area contributed by atoms with Crippen molar-refractivity contribution in [3.05, 3.63) is 94.3 Å². The first-order valence-corrected chi connectivity index (χ1v) is 13.1. The standard InChI is InChI=1S/C29H29ClN6O2/c30-24-6-8-26(9-7-24)35-13-15-36(16-14-35)29(38)23-5-10-27(32-18-23)28(37)33-25-11-12-34(20-25)19-22-3-1-21(17-31)2-4-22/h1-10,18,25H,11-16,19-20H2,(H,33,37). The second-order valence-corrected chi connectivity index (χ2v) is 10.1. The molecule has 8 nitrogen and oxygen atoms in total. The number of carbonyl (C=O) groups excluding carboxylic acids is 2. The van der Waals surface area contributed by atoms with E-state index in [4.69, 9.17) is 16.9 Å². The SMILES string of the molecule is N#Cc1ccc(CN2CCC(NC(=O)c3ccc(C(=O)N4CCN(c5ccc(Cl)cc5)CC4)cn3)C2)cc1. The maximum absolute atomic E-state index is 13.0. The molecular formula is C29H29ClN6O2. The Balaban J connectivity index is 1.09. The van der Waals surface area contributed by atoms with Crippen molar-refractivity contribution in [2.75, 3.05) is 44.2 Å². The molecule has 38 heavy (non-hydrogen) atoms. The minimum absolute atomic E-state index is 0.0425. The van der Waals surface area contributed by atoms with Crippen LogP contribution >= 0.6 is 11.6 Å². The smallest absolute Gasteiger partial charge is 0.270 e. The van der Waals surface area contributed by atoms with Crippen LogP contribution in [0.3, 0.4) is 0 Å². The van der Waals surface area contributed by atoms with Gasteiger partial charge in [0.1, 0.15) is 5.69 Å². The Morgan fingerprint density at radius 1 is 0.974 bits per heavy atom. The van der Waals surface area contributed by atoms with Gasteiger partial charge in [-0.15, -0.1) is 0 Å². The zero-order valence-corrected chi connectivity index (χ0v) is 21.8. The van der Waals surface area contributed by atoms with Crippen LogP contribution in [0, 0.1) is 11.3 Å². The van der Waals surface area contributed by atoms with Crippen LogP contribution in [0.2, 0.25) is 5.02 Å². The summed E-state index contributed by atoms with van der Waals surface area (Å²) in [5, 5.41) is 12.7. The molecule has 1 N–H and O–H groups in total. The number of nitrogens with one attached hydrogen (secondary N) is 1. The van der Waals surface area contributed by atoms with E-state index >= 15 is 0 Å². The summed E-state index contributed by atoms with van der Waals surface area (Å²) in [6.07, 6.45) is 2.36. The normalized spacial score (nSPS) is 17.7. The highest BCUT2D eigenvalue weighted by molar-refractivity contribution is 6.30. The number of pyridine rings is 1. The van der Waals surface area contributed by atoms with Crippen molar-refractivity contribution in [1.82, 2.24) is 20.1 Å². The molecule has 0 saturated carbocycles. The fraction of sp³-hybridized carbons (Fsp3) is 0.310. The van der Waals surface area contributed by atoms with Crippen LogP contribution in [0.5, 0.6) is 0 Å². The van der Waals surface area contributed by atoms with Crippen molar-refractivity contribution < 1.29 is 9.59 Å². The second kappa shape index (κ2) is 11.6. The number of aromatic nitrogens is 1. The van der Waals surface area contributed by atoms with E-state index in [1.54, 1.807) is 12.1 Å². The van der Waals surface area contributed by atoms with Crippen molar-refractivity contribution in [3.63, 3.8) is 0 Å². The van der Waals surface area contributed by atoms with Crippen LogP contribution in [0.25, 0.3) is 0 Å². The van der Waals surface area contributed by atoms with E-state index in [1.165, 1.54) is 6.20 Å². The Morgan fingerprint density at radius 3 is 2.37 bits per heavy atom. The predicted molar refractivity (Wildman–Crippen MR) is 146 cm³/mol. The lowest BCUT2D eigenvalue weighted by molar-refractivity contribution is 0.0745. The van der Waals surface area contributed by atoms with Crippen LogP contribution in [0.4, 0.5) is 5.69 Å². The van der Waals surface area contributed by atoms with Gasteiger partial charge in [0.15, 0.2) is 0 Å².